The molecule has 8 aromatic rings. The van der Waals surface area contributed by atoms with Crippen molar-refractivity contribution in [2.24, 2.45) is 0 Å². The van der Waals surface area contributed by atoms with E-state index in [1.807, 2.05) is 48.5 Å². The van der Waals surface area contributed by atoms with E-state index in [-0.39, 0.29) is 23.5 Å². The summed E-state index contributed by atoms with van der Waals surface area (Å²) >= 11 is 0. The van der Waals surface area contributed by atoms with Crippen molar-refractivity contribution >= 4 is 66.4 Å². The van der Waals surface area contributed by atoms with Crippen molar-refractivity contribution in [2.75, 3.05) is 9.80 Å². The molecule has 2 nitrogen and oxygen atoms in total. The summed E-state index contributed by atoms with van der Waals surface area (Å²) in [5.41, 5.74) is 7.85. The van der Waals surface area contributed by atoms with E-state index in [4.69, 9.17) is 0 Å². The Balaban J connectivity index is 1.53. The lowest BCUT2D eigenvalue weighted by molar-refractivity contribution is 0.627. The van der Waals surface area contributed by atoms with Crippen molar-refractivity contribution in [1.29, 1.82) is 0 Å². The molecule has 8 aromatic carbocycles. The van der Waals surface area contributed by atoms with Crippen LogP contribution in [0, 0.1) is 11.6 Å². The van der Waals surface area contributed by atoms with Gasteiger partial charge in [-0.15, -0.1) is 0 Å². The van der Waals surface area contributed by atoms with E-state index in [9.17, 15) is 8.78 Å². The van der Waals surface area contributed by atoms with Gasteiger partial charge in [-0.2, -0.15) is 0 Å². The van der Waals surface area contributed by atoms with Crippen LogP contribution in [0.25, 0.3) is 32.3 Å². The topological polar surface area (TPSA) is 6.48 Å². The Morgan fingerprint density at radius 1 is 0.380 bits per heavy atom. The van der Waals surface area contributed by atoms with Crippen LogP contribution in [0.15, 0.2) is 146 Å². The van der Waals surface area contributed by atoms with Crippen molar-refractivity contribution in [3.05, 3.63) is 168 Å². The molecule has 0 spiro atoms. The first-order valence-electron chi connectivity index (χ1n) is 17.3. The molecule has 0 N–H and O–H groups in total. The van der Waals surface area contributed by atoms with Crippen LogP contribution in [0.1, 0.15) is 50.7 Å². The number of benzene rings is 8. The second-order valence-corrected chi connectivity index (χ2v) is 13.7. The Morgan fingerprint density at radius 3 is 1.10 bits per heavy atom. The molecule has 0 bridgehead atoms. The molecule has 4 heteroatoms. The van der Waals surface area contributed by atoms with E-state index in [0.29, 0.717) is 0 Å². The molecule has 0 aliphatic carbocycles. The predicted octanol–water partition coefficient (Wildman–Crippen LogP) is 14.0. The van der Waals surface area contributed by atoms with Gasteiger partial charge in [0.05, 0.1) is 11.4 Å². The minimum absolute atomic E-state index is 0.223. The highest BCUT2D eigenvalue weighted by Crippen LogP contribution is 2.50. The van der Waals surface area contributed by atoms with Gasteiger partial charge in [-0.05, 0) is 117 Å². The van der Waals surface area contributed by atoms with E-state index in [2.05, 4.69) is 98.2 Å². The fourth-order valence-electron chi connectivity index (χ4n) is 7.57. The van der Waals surface area contributed by atoms with Gasteiger partial charge in [0.15, 0.2) is 0 Å². The fourth-order valence-corrected chi connectivity index (χ4v) is 7.57. The summed E-state index contributed by atoms with van der Waals surface area (Å²) < 4.78 is 29.8. The standard InChI is InChI=1S/C46H38F2N2/c1-29(2)41-27-43(49(33-15-7-5-8-16-33)35-19-11-13-31(47)25-35)39-24-22-38-42(30(3)4)28-44(40-23-21-37(41)45(39)46(38)40)50(34-17-9-6-10-18-34)36-20-12-14-32(48)26-36/h5-30H,1-4H3. The Morgan fingerprint density at radius 2 is 0.740 bits per heavy atom. The molecule has 0 fully saturated rings. The van der Waals surface area contributed by atoms with Crippen molar-refractivity contribution in [1.82, 2.24) is 0 Å². The van der Waals surface area contributed by atoms with Crippen LogP contribution in [-0.4, -0.2) is 0 Å². The average molecular weight is 657 g/mol. The number of anilines is 6. The second-order valence-electron chi connectivity index (χ2n) is 13.7. The predicted molar refractivity (Wildman–Crippen MR) is 208 cm³/mol. The summed E-state index contributed by atoms with van der Waals surface area (Å²) in [4.78, 5) is 4.35. The van der Waals surface area contributed by atoms with Gasteiger partial charge in [0, 0.05) is 33.5 Å². The van der Waals surface area contributed by atoms with Gasteiger partial charge in [-0.25, -0.2) is 8.78 Å². The van der Waals surface area contributed by atoms with Gasteiger partial charge in [0.2, 0.25) is 0 Å². The summed E-state index contributed by atoms with van der Waals surface area (Å²) in [5.74, 6) is -0.120. The highest BCUT2D eigenvalue weighted by atomic mass is 19.1. The molecule has 0 unspecified atom stereocenters. The number of rotatable bonds is 8. The summed E-state index contributed by atoms with van der Waals surface area (Å²) in [6.45, 7) is 8.93. The lowest BCUT2D eigenvalue weighted by Crippen LogP contribution is -2.13. The second kappa shape index (κ2) is 12.6. The lowest BCUT2D eigenvalue weighted by atomic mass is 9.84. The maximum Gasteiger partial charge on any atom is 0.125 e. The molecule has 0 aliphatic heterocycles. The zero-order valence-corrected chi connectivity index (χ0v) is 28.7. The first-order chi connectivity index (χ1) is 24.3. The summed E-state index contributed by atoms with van der Waals surface area (Å²) in [6, 6.07) is 47.6. The van der Waals surface area contributed by atoms with E-state index in [1.54, 1.807) is 24.3 Å². The summed E-state index contributed by atoms with van der Waals surface area (Å²) in [7, 11) is 0. The van der Waals surface area contributed by atoms with Crippen molar-refractivity contribution < 1.29 is 8.78 Å². The number of hydrogen-bond donors (Lipinski definition) is 0. The smallest absolute Gasteiger partial charge is 0.125 e. The minimum Gasteiger partial charge on any atom is -0.310 e. The van der Waals surface area contributed by atoms with Gasteiger partial charge in [0.25, 0.3) is 0 Å². The molecule has 0 saturated heterocycles. The van der Waals surface area contributed by atoms with E-state index < -0.39 is 0 Å². The quantitative estimate of drug-likeness (QED) is 0.150. The molecule has 246 valence electrons. The number of hydrogen-bond acceptors (Lipinski definition) is 2. The van der Waals surface area contributed by atoms with Gasteiger partial charge >= 0.3 is 0 Å². The van der Waals surface area contributed by atoms with E-state index in [0.717, 1.165) is 44.9 Å². The zero-order chi connectivity index (χ0) is 34.5. The van der Waals surface area contributed by atoms with Crippen LogP contribution >= 0.6 is 0 Å². The molecule has 0 heterocycles. The molecule has 0 radical (unpaired) electrons. The van der Waals surface area contributed by atoms with E-state index >= 15 is 0 Å². The monoisotopic (exact) mass is 656 g/mol. The molecule has 50 heavy (non-hydrogen) atoms. The maximum atomic E-state index is 14.9. The summed E-state index contributed by atoms with van der Waals surface area (Å²) in [6.07, 6.45) is 0. The number of nitrogens with zero attached hydrogens (tertiary/aromatic N) is 2. The third-order valence-corrected chi connectivity index (χ3v) is 9.81. The molecule has 8 rings (SSSR count). The molecular formula is C46H38F2N2. The van der Waals surface area contributed by atoms with Crippen LogP contribution in [0.2, 0.25) is 0 Å². The van der Waals surface area contributed by atoms with Crippen molar-refractivity contribution in [3.63, 3.8) is 0 Å². The van der Waals surface area contributed by atoms with Gasteiger partial charge in [-0.1, -0.05) is 100 Å². The van der Waals surface area contributed by atoms with E-state index in [1.165, 1.54) is 44.8 Å². The van der Waals surface area contributed by atoms with Crippen LogP contribution in [0.4, 0.5) is 42.9 Å². The Kier molecular flexibility index (Phi) is 7.95. The number of para-hydroxylation sites is 2. The van der Waals surface area contributed by atoms with Crippen molar-refractivity contribution in [2.45, 2.75) is 39.5 Å². The summed E-state index contributed by atoms with van der Waals surface area (Å²) in [5, 5.41) is 6.92. The fraction of sp³-hybridized carbons (Fsp3) is 0.130. The molecule has 0 aromatic heterocycles. The van der Waals surface area contributed by atoms with Crippen LogP contribution in [0.5, 0.6) is 0 Å². The average Bonchev–Trinajstić information content (AvgIpc) is 3.12. The zero-order valence-electron chi connectivity index (χ0n) is 28.7. The van der Waals surface area contributed by atoms with Crippen LogP contribution in [0.3, 0.4) is 0 Å². The lowest BCUT2D eigenvalue weighted by Gasteiger charge is -2.31. The Hall–Kier alpha value is -5.74. The molecule has 0 amide bonds. The van der Waals surface area contributed by atoms with Gasteiger partial charge in [0.1, 0.15) is 11.6 Å². The first-order valence-corrected chi connectivity index (χ1v) is 17.3. The Labute approximate surface area is 292 Å². The minimum atomic E-state index is -0.283. The Bertz CT molecular complexity index is 2300. The van der Waals surface area contributed by atoms with Crippen molar-refractivity contribution in [3.8, 4) is 0 Å². The SMILES string of the molecule is CC(C)c1cc(N(c2ccccc2)c2cccc(F)c2)c2ccc3c(C(C)C)cc(N(c4ccccc4)c4cccc(F)c4)c4ccc1c2c34. The van der Waals surface area contributed by atoms with Gasteiger partial charge < -0.3 is 9.80 Å². The first kappa shape index (κ1) is 31.5. The maximum absolute atomic E-state index is 14.9. The molecular weight excluding hydrogens is 619 g/mol. The number of halogens is 2. The molecule has 0 atom stereocenters. The highest BCUT2D eigenvalue weighted by Gasteiger charge is 2.26. The molecule has 0 aliphatic rings. The third kappa shape index (κ3) is 5.32. The third-order valence-electron chi connectivity index (χ3n) is 9.81. The largest absolute Gasteiger partial charge is 0.310 e. The normalized spacial score (nSPS) is 11.8. The highest BCUT2D eigenvalue weighted by molar-refractivity contribution is 6.29. The van der Waals surface area contributed by atoms with Crippen LogP contribution < -0.4 is 9.80 Å². The van der Waals surface area contributed by atoms with Crippen LogP contribution in [-0.2, 0) is 0 Å². The molecule has 0 saturated carbocycles. The van der Waals surface area contributed by atoms with Gasteiger partial charge in [-0.3, -0.25) is 0 Å².